The molecular formula is C46H41F24N5P4S5. The van der Waals surface area contributed by atoms with Crippen molar-refractivity contribution in [3.8, 4) is 22.3 Å². The summed E-state index contributed by atoms with van der Waals surface area (Å²) in [5.41, 5.74) is 10.1. The molecule has 0 amide bonds. The second kappa shape index (κ2) is 22.3. The average Bonchev–Trinajstić information content (AvgIpc) is 3.34. The summed E-state index contributed by atoms with van der Waals surface area (Å²) in [5, 5.41) is 2.25. The van der Waals surface area contributed by atoms with E-state index in [2.05, 4.69) is 201 Å². The van der Waals surface area contributed by atoms with E-state index < -0.39 is 31.2 Å². The van der Waals surface area contributed by atoms with Gasteiger partial charge in [0, 0.05) is 100 Å². The third-order valence-corrected chi connectivity index (χ3v) is 16.5. The molecule has 0 saturated heterocycles. The Balaban J connectivity index is 0.000000238. The van der Waals surface area contributed by atoms with Gasteiger partial charge in [-0.05, 0) is 33.9 Å². The van der Waals surface area contributed by atoms with Crippen molar-refractivity contribution in [2.75, 3.05) is 6.26 Å². The van der Waals surface area contributed by atoms with Crippen molar-refractivity contribution in [3.05, 3.63) is 199 Å². The van der Waals surface area contributed by atoms with Gasteiger partial charge in [0.05, 0.1) is 12.7 Å². The molecule has 84 heavy (non-hydrogen) atoms. The van der Waals surface area contributed by atoms with E-state index in [0.717, 1.165) is 26.2 Å². The first kappa shape index (κ1) is 70.4. The predicted octanol–water partition coefficient (Wildman–Crippen LogP) is 23.2. The topological polar surface area (TPSA) is 20.4 Å². The standard InChI is InChI=1S/C36H32N4.C10H9NS5.4F6P/c1-2-30-4-3-29(1)25-37-17-9-33(10-18-37)35-13-21-39(22-14-35)27-31-5-7-32(8-6-31)28-40-23-15-36(16-24-40)34-11-19-38(26-30)20-12-34;1-11-3-6-7(4-11)15-10(14-6)9-13-5-8(12-2)16-9;4*1-7(2,3,4,5)6/h1-24H,25-28H2;3-5H,1-2H3;;;;/q+4;;4*-1. The van der Waals surface area contributed by atoms with Gasteiger partial charge < -0.3 is 4.57 Å². The number of benzene rings is 2. The van der Waals surface area contributed by atoms with Crippen LogP contribution in [-0.2, 0) is 33.2 Å². The van der Waals surface area contributed by atoms with Crippen LogP contribution < -0.4 is 18.3 Å². The summed E-state index contributed by atoms with van der Waals surface area (Å²) in [6.45, 7) is 3.42. The van der Waals surface area contributed by atoms with Crippen LogP contribution >= 0.6 is 90.0 Å². The van der Waals surface area contributed by atoms with Crippen LogP contribution in [0, 0.1) is 0 Å². The summed E-state index contributed by atoms with van der Waals surface area (Å²) in [4.78, 5) is 2.79. The van der Waals surface area contributed by atoms with Gasteiger partial charge in [-0.2, -0.15) is 0 Å². The zero-order chi connectivity index (χ0) is 63.5. The molecular weight excluding hydrogens is 1360 g/mol. The number of thioether (sulfide) groups is 5. The van der Waals surface area contributed by atoms with Crippen molar-refractivity contribution in [3.63, 3.8) is 0 Å². The van der Waals surface area contributed by atoms with Gasteiger partial charge in [0.25, 0.3) is 0 Å². The number of hydrogen-bond donors (Lipinski definition) is 0. The minimum Gasteiger partial charge on any atom is -0.201 e. The van der Waals surface area contributed by atoms with Crippen LogP contribution in [0.4, 0.5) is 101 Å². The zero-order valence-corrected chi connectivity index (χ0v) is 49.7. The number of aromatic nitrogens is 5. The Kier molecular flexibility index (Phi) is 18.7. The van der Waals surface area contributed by atoms with Crippen LogP contribution in [-0.4, -0.2) is 10.8 Å². The summed E-state index contributed by atoms with van der Waals surface area (Å²) in [5.74, 6) is 0. The van der Waals surface area contributed by atoms with Crippen molar-refractivity contribution in [2.45, 2.75) is 36.0 Å². The van der Waals surface area contributed by atoms with Crippen molar-refractivity contribution in [2.24, 2.45) is 7.05 Å². The van der Waals surface area contributed by atoms with Crippen LogP contribution in [0.2, 0.25) is 0 Å². The first-order valence-corrected chi connectivity index (χ1v) is 35.2. The summed E-state index contributed by atoms with van der Waals surface area (Å²) < 4.78 is 252. The largest absolute Gasteiger partial charge is 0.201 e. The number of rotatable bonds is 1. The number of pyridine rings is 4. The van der Waals surface area contributed by atoms with Gasteiger partial charge in [-0.3, -0.25) is 0 Å². The van der Waals surface area contributed by atoms with E-state index in [-0.39, 0.29) is 0 Å². The van der Waals surface area contributed by atoms with Crippen LogP contribution in [0.1, 0.15) is 22.3 Å². The Morgan fingerprint density at radius 2 is 0.560 bits per heavy atom. The van der Waals surface area contributed by atoms with Crippen LogP contribution in [0.5, 0.6) is 0 Å². The Labute approximate surface area is 482 Å². The molecule has 38 heteroatoms. The molecule has 0 atom stereocenters. The summed E-state index contributed by atoms with van der Waals surface area (Å²) >= 11 is 9.40. The minimum absolute atomic E-state index is 0.854. The Hall–Kier alpha value is -4.41. The molecule has 0 N–H and O–H groups in total. The second-order valence-electron chi connectivity index (χ2n) is 17.8. The van der Waals surface area contributed by atoms with Gasteiger partial charge >= 0.3 is 132 Å². The molecule has 468 valence electrons. The Morgan fingerprint density at radius 3 is 0.750 bits per heavy atom. The molecule has 18 aliphatic heterocycles. The third-order valence-electron chi connectivity index (χ3n) is 9.85. The number of fused-ring (bicyclic) bond motifs is 1. The van der Waals surface area contributed by atoms with Crippen molar-refractivity contribution in [1.82, 2.24) is 4.57 Å². The van der Waals surface area contributed by atoms with Crippen molar-refractivity contribution < 1.29 is 119 Å². The van der Waals surface area contributed by atoms with Gasteiger partial charge in [0.1, 0.15) is 0 Å². The van der Waals surface area contributed by atoms with Crippen LogP contribution in [0.15, 0.2) is 187 Å². The molecule has 0 radical (unpaired) electrons. The fraction of sp³-hybridized carbons (Fsp3) is 0.130. The Bertz CT molecular complexity index is 3070. The summed E-state index contributed by atoms with van der Waals surface area (Å²) in [6, 6.07) is 35.5. The smallest absolute Gasteiger partial charge is 0.173 e. The summed E-state index contributed by atoms with van der Waals surface area (Å²) in [7, 11) is -40.5. The monoisotopic (exact) mass is 1400 g/mol. The van der Waals surface area contributed by atoms with E-state index in [1.165, 1.54) is 67.0 Å². The van der Waals surface area contributed by atoms with E-state index >= 15 is 0 Å². The fourth-order valence-electron chi connectivity index (χ4n) is 6.78. The zero-order valence-electron chi connectivity index (χ0n) is 42.1. The fourth-order valence-corrected chi connectivity index (χ4v) is 12.9. The van der Waals surface area contributed by atoms with E-state index in [4.69, 9.17) is 0 Å². The van der Waals surface area contributed by atoms with Crippen molar-refractivity contribution >= 4 is 90.0 Å². The molecule has 18 aliphatic rings. The predicted molar refractivity (Wildman–Crippen MR) is 289 cm³/mol. The van der Waals surface area contributed by atoms with Gasteiger partial charge in [0.2, 0.25) is 0 Å². The van der Waals surface area contributed by atoms with Gasteiger partial charge in [-0.15, -0.1) is 11.8 Å². The number of aryl methyl sites for hydroxylation is 1. The number of hydrogen-bond acceptors (Lipinski definition) is 5. The van der Waals surface area contributed by atoms with Gasteiger partial charge in [0.15, 0.2) is 75.8 Å². The van der Waals surface area contributed by atoms with E-state index in [9.17, 15) is 101 Å². The molecule has 7 aromatic rings. The molecule has 5 nitrogen and oxygen atoms in total. The maximum atomic E-state index is 9.87. The molecule has 5 aromatic heterocycles. The minimum atomic E-state index is -10.7. The summed E-state index contributed by atoms with van der Waals surface area (Å²) in [6.07, 6.45) is 23.9. The quantitative estimate of drug-likeness (QED) is 0.0925. The molecule has 0 spiro atoms. The molecule has 0 aliphatic carbocycles. The molecule has 25 rings (SSSR count). The third kappa shape index (κ3) is 34.7. The Morgan fingerprint density at radius 1 is 0.345 bits per heavy atom. The maximum absolute atomic E-state index is 10.7. The molecule has 12 bridgehead atoms. The number of halogens is 24. The SMILES string of the molecule is CSC1=CSC(=C2Sc3cn(C)cc3S2)S1.F[P-](F)(F)(F)(F)F.F[P-](F)(F)(F)(F)F.F[P-](F)(F)(F)(F)F.F[P-](F)(F)(F)(F)F.c1cc2ccc1C[n+]1ccc(cc1)-c1cc[n+](cc1)Cc1ccc(cc1)C[n+]1ccc(cc1)-c1cc[n+](cc1)C2. The van der Waals surface area contributed by atoms with Gasteiger partial charge in [-0.25, -0.2) is 18.3 Å². The first-order chi connectivity index (χ1) is 37.3. The second-order valence-corrected chi connectivity index (χ2v) is 31.1. The van der Waals surface area contributed by atoms with E-state index in [1.807, 2.05) is 58.8 Å². The van der Waals surface area contributed by atoms with Crippen LogP contribution in [0.3, 0.4) is 0 Å². The number of nitrogens with zero attached hydrogens (tertiary/aromatic N) is 5. The average molecular weight is 1400 g/mol. The van der Waals surface area contributed by atoms with Crippen LogP contribution in [0.25, 0.3) is 22.3 Å². The molecule has 2 aromatic carbocycles. The molecule has 0 unspecified atom stereocenters. The van der Waals surface area contributed by atoms with Crippen molar-refractivity contribution in [1.29, 1.82) is 0 Å². The molecule has 0 saturated carbocycles. The van der Waals surface area contributed by atoms with Gasteiger partial charge in [-0.1, -0.05) is 95.6 Å². The normalized spacial score (nSPS) is 17.4. The maximum Gasteiger partial charge on any atom is 0.173 e. The van der Waals surface area contributed by atoms with E-state index in [0.29, 0.717) is 0 Å². The first-order valence-electron chi connectivity index (χ1n) is 22.5. The van der Waals surface area contributed by atoms with E-state index in [1.54, 1.807) is 0 Å². The molecule has 23 heterocycles. The molecule has 0 fully saturated rings.